The van der Waals surface area contributed by atoms with Crippen molar-refractivity contribution in [2.75, 3.05) is 27.2 Å². The summed E-state index contributed by atoms with van der Waals surface area (Å²) in [6.07, 6.45) is 2.23. The topological polar surface area (TPSA) is 41.6 Å². The van der Waals surface area contributed by atoms with E-state index in [9.17, 15) is 4.79 Å². The molecule has 1 fully saturated rings. The third kappa shape index (κ3) is 5.07. The van der Waals surface area contributed by atoms with Gasteiger partial charge in [0, 0.05) is 24.0 Å². The number of carbonyl (C=O) groups is 1. The summed E-state index contributed by atoms with van der Waals surface area (Å²) >= 11 is 1.61. The Morgan fingerprint density at radius 2 is 2.09 bits per heavy atom. The van der Waals surface area contributed by atoms with Crippen molar-refractivity contribution in [3.8, 4) is 5.75 Å². The summed E-state index contributed by atoms with van der Waals surface area (Å²) < 4.78 is 5.15. The fourth-order valence-electron chi connectivity index (χ4n) is 2.58. The van der Waals surface area contributed by atoms with Crippen LogP contribution in [0.25, 0.3) is 0 Å². The van der Waals surface area contributed by atoms with Crippen LogP contribution in [0.4, 0.5) is 0 Å². The zero-order valence-electron chi connectivity index (χ0n) is 13.4. The number of hydrogen-bond acceptors (Lipinski definition) is 4. The summed E-state index contributed by atoms with van der Waals surface area (Å²) in [7, 11) is 3.62. The van der Waals surface area contributed by atoms with Gasteiger partial charge in [0.05, 0.1) is 12.4 Å². The normalized spacial score (nSPS) is 19.2. The Bertz CT molecular complexity index is 470. The molecule has 1 aromatic carbocycles. The van der Waals surface area contributed by atoms with Crippen LogP contribution in [-0.4, -0.2) is 49.3 Å². The SMILES string of the molecule is CNC1CCCN(C(=O)C(C)Sc2ccc(OC)cc2)C1.Cl. The van der Waals surface area contributed by atoms with Gasteiger partial charge >= 0.3 is 0 Å². The van der Waals surface area contributed by atoms with Crippen molar-refractivity contribution in [2.45, 2.75) is 36.0 Å². The molecule has 2 atom stereocenters. The van der Waals surface area contributed by atoms with Crippen molar-refractivity contribution in [1.82, 2.24) is 10.2 Å². The van der Waals surface area contributed by atoms with Gasteiger partial charge in [-0.2, -0.15) is 0 Å². The highest BCUT2D eigenvalue weighted by Gasteiger charge is 2.26. The highest BCUT2D eigenvalue weighted by molar-refractivity contribution is 8.00. The number of amides is 1. The quantitative estimate of drug-likeness (QED) is 0.834. The van der Waals surface area contributed by atoms with Gasteiger partial charge < -0.3 is 15.0 Å². The van der Waals surface area contributed by atoms with Crippen LogP contribution in [-0.2, 0) is 4.79 Å². The van der Waals surface area contributed by atoms with Crippen LogP contribution in [0.5, 0.6) is 5.75 Å². The standard InChI is InChI=1S/C16H24N2O2S.ClH/c1-12(21-15-8-6-14(20-3)7-9-15)16(19)18-10-4-5-13(11-18)17-2;/h6-9,12-13,17H,4-5,10-11H2,1-3H3;1H. The van der Waals surface area contributed by atoms with Gasteiger partial charge in [0.1, 0.15) is 5.75 Å². The third-order valence-corrected chi connectivity index (χ3v) is 4.96. The summed E-state index contributed by atoms with van der Waals surface area (Å²) in [5, 5.41) is 3.21. The van der Waals surface area contributed by atoms with E-state index in [1.165, 1.54) is 0 Å². The number of benzene rings is 1. The van der Waals surface area contributed by atoms with Crippen molar-refractivity contribution in [1.29, 1.82) is 0 Å². The Morgan fingerprint density at radius 3 is 2.68 bits per heavy atom. The predicted octanol–water partition coefficient (Wildman–Crippen LogP) is 2.81. The molecule has 0 spiro atoms. The highest BCUT2D eigenvalue weighted by atomic mass is 35.5. The number of nitrogens with one attached hydrogen (secondary N) is 1. The first-order valence-electron chi connectivity index (χ1n) is 7.40. The Balaban J connectivity index is 0.00000242. The zero-order valence-corrected chi connectivity index (χ0v) is 15.0. The number of rotatable bonds is 5. The second-order valence-electron chi connectivity index (χ2n) is 5.35. The summed E-state index contributed by atoms with van der Waals surface area (Å²) in [4.78, 5) is 15.6. The van der Waals surface area contributed by atoms with Crippen molar-refractivity contribution in [2.24, 2.45) is 0 Å². The van der Waals surface area contributed by atoms with Gasteiger partial charge in [-0.1, -0.05) is 0 Å². The summed E-state index contributed by atoms with van der Waals surface area (Å²) in [5.41, 5.74) is 0. The van der Waals surface area contributed by atoms with Crippen molar-refractivity contribution in [3.05, 3.63) is 24.3 Å². The molecule has 1 aliphatic rings. The number of piperidine rings is 1. The molecule has 22 heavy (non-hydrogen) atoms. The minimum atomic E-state index is -0.0611. The minimum Gasteiger partial charge on any atom is -0.497 e. The average Bonchev–Trinajstić information content (AvgIpc) is 2.54. The van der Waals surface area contributed by atoms with Crippen LogP contribution >= 0.6 is 24.2 Å². The van der Waals surface area contributed by atoms with Crippen LogP contribution in [0.2, 0.25) is 0 Å². The predicted molar refractivity (Wildman–Crippen MR) is 94.2 cm³/mol. The van der Waals surface area contributed by atoms with E-state index in [1.807, 2.05) is 43.1 Å². The molecule has 1 amide bonds. The lowest BCUT2D eigenvalue weighted by molar-refractivity contribution is -0.131. The number of methoxy groups -OCH3 is 1. The number of nitrogens with zero attached hydrogens (tertiary/aromatic N) is 1. The molecule has 0 aliphatic carbocycles. The first kappa shape index (κ1) is 19.1. The lowest BCUT2D eigenvalue weighted by Gasteiger charge is -2.34. The molecular weight excluding hydrogens is 320 g/mol. The van der Waals surface area contributed by atoms with Crippen molar-refractivity contribution in [3.63, 3.8) is 0 Å². The molecule has 1 aromatic rings. The second kappa shape index (κ2) is 9.28. The van der Waals surface area contributed by atoms with E-state index >= 15 is 0 Å². The maximum Gasteiger partial charge on any atom is 0.235 e. The smallest absolute Gasteiger partial charge is 0.235 e. The van der Waals surface area contributed by atoms with Gasteiger partial charge in [-0.25, -0.2) is 0 Å². The molecule has 6 heteroatoms. The minimum absolute atomic E-state index is 0. The van der Waals surface area contributed by atoms with Crippen LogP contribution in [0.3, 0.4) is 0 Å². The summed E-state index contributed by atoms with van der Waals surface area (Å²) in [6, 6.07) is 8.29. The molecular formula is C16H25ClN2O2S. The number of ether oxygens (including phenoxy) is 1. The molecule has 1 aliphatic heterocycles. The van der Waals surface area contributed by atoms with E-state index in [-0.39, 0.29) is 23.6 Å². The van der Waals surface area contributed by atoms with E-state index in [0.717, 1.165) is 36.6 Å². The molecule has 124 valence electrons. The van der Waals surface area contributed by atoms with E-state index in [0.29, 0.717) is 6.04 Å². The Hall–Kier alpha value is -0.910. The largest absolute Gasteiger partial charge is 0.497 e. The number of hydrogen-bond donors (Lipinski definition) is 1. The fraction of sp³-hybridized carbons (Fsp3) is 0.562. The Kier molecular flexibility index (Phi) is 8.07. The molecule has 1 saturated heterocycles. The van der Waals surface area contributed by atoms with Crippen LogP contribution < -0.4 is 10.1 Å². The molecule has 0 saturated carbocycles. The first-order valence-corrected chi connectivity index (χ1v) is 8.28. The molecule has 0 radical (unpaired) electrons. The first-order chi connectivity index (χ1) is 10.1. The Labute approximate surface area is 143 Å². The van der Waals surface area contributed by atoms with E-state index in [2.05, 4.69) is 5.32 Å². The second-order valence-corrected chi connectivity index (χ2v) is 6.76. The molecule has 1 heterocycles. The van der Waals surface area contributed by atoms with Gasteiger partial charge in [-0.15, -0.1) is 24.2 Å². The number of halogens is 1. The highest BCUT2D eigenvalue weighted by Crippen LogP contribution is 2.27. The zero-order chi connectivity index (χ0) is 15.2. The Morgan fingerprint density at radius 1 is 1.41 bits per heavy atom. The van der Waals surface area contributed by atoms with Gasteiger partial charge in [-0.05, 0) is 51.1 Å². The molecule has 4 nitrogen and oxygen atoms in total. The molecule has 2 unspecified atom stereocenters. The number of thioether (sulfide) groups is 1. The summed E-state index contributed by atoms with van der Waals surface area (Å²) in [6.45, 7) is 3.69. The van der Waals surface area contributed by atoms with Gasteiger partial charge in [0.25, 0.3) is 0 Å². The van der Waals surface area contributed by atoms with E-state index < -0.39 is 0 Å². The number of likely N-dealkylation sites (tertiary alicyclic amines) is 1. The third-order valence-electron chi connectivity index (χ3n) is 3.86. The lowest BCUT2D eigenvalue weighted by Crippen LogP contribution is -2.49. The van der Waals surface area contributed by atoms with Crippen molar-refractivity contribution >= 4 is 30.1 Å². The van der Waals surface area contributed by atoms with E-state index in [1.54, 1.807) is 18.9 Å². The van der Waals surface area contributed by atoms with Crippen LogP contribution in [0, 0.1) is 0 Å². The van der Waals surface area contributed by atoms with Gasteiger partial charge in [0.15, 0.2) is 0 Å². The maximum absolute atomic E-state index is 12.5. The maximum atomic E-state index is 12.5. The number of likely N-dealkylation sites (N-methyl/N-ethyl adjacent to an activating group) is 1. The van der Waals surface area contributed by atoms with Crippen LogP contribution in [0.15, 0.2) is 29.2 Å². The van der Waals surface area contributed by atoms with Gasteiger partial charge in [0.2, 0.25) is 5.91 Å². The van der Waals surface area contributed by atoms with Crippen LogP contribution in [0.1, 0.15) is 19.8 Å². The average molecular weight is 345 g/mol. The summed E-state index contributed by atoms with van der Waals surface area (Å²) in [5.74, 6) is 1.07. The lowest BCUT2D eigenvalue weighted by atomic mass is 10.1. The molecule has 1 N–H and O–H groups in total. The van der Waals surface area contributed by atoms with E-state index in [4.69, 9.17) is 4.74 Å². The fourth-order valence-corrected chi connectivity index (χ4v) is 3.53. The molecule has 0 aromatic heterocycles. The van der Waals surface area contributed by atoms with Gasteiger partial charge in [-0.3, -0.25) is 4.79 Å². The molecule has 2 rings (SSSR count). The molecule has 0 bridgehead atoms. The van der Waals surface area contributed by atoms with Crippen molar-refractivity contribution < 1.29 is 9.53 Å². The number of carbonyl (C=O) groups excluding carboxylic acids is 1. The monoisotopic (exact) mass is 344 g/mol.